The molecule has 3 aliphatic heterocycles. The average Bonchev–Trinajstić information content (AvgIpc) is 3.36. The molecule has 3 saturated heterocycles. The van der Waals surface area contributed by atoms with E-state index in [-0.39, 0.29) is 40.8 Å². The highest BCUT2D eigenvalue weighted by Crippen LogP contribution is 2.80. The fourth-order valence-corrected chi connectivity index (χ4v) is 8.74. The molecule has 0 radical (unpaired) electrons. The van der Waals surface area contributed by atoms with Gasteiger partial charge in [0.15, 0.2) is 6.10 Å². The lowest BCUT2D eigenvalue weighted by Crippen LogP contribution is -2.83. The Morgan fingerprint density at radius 3 is 2.71 bits per heavy atom. The molecule has 0 amide bonds. The summed E-state index contributed by atoms with van der Waals surface area (Å²) in [6.45, 7) is 10.4. The van der Waals surface area contributed by atoms with Crippen molar-refractivity contribution in [2.24, 2.45) is 34.0 Å². The molecule has 7 rings (SSSR count). The number of ether oxygens (including phenoxy) is 3. The van der Waals surface area contributed by atoms with E-state index in [9.17, 15) is 15.0 Å². The number of epoxide rings is 1. The number of fused-ring (bicyclic) bond motifs is 4. The molecular formula is C22H30O6. The van der Waals surface area contributed by atoms with E-state index < -0.39 is 29.4 Å². The van der Waals surface area contributed by atoms with Crippen LogP contribution in [0.4, 0.5) is 0 Å². The minimum absolute atomic E-state index is 0.00867. The number of carbonyl (C=O) groups excluding carboxylic acids is 1. The number of hydrogen-bond acceptors (Lipinski definition) is 6. The Labute approximate surface area is 165 Å². The molecule has 154 valence electrons. The van der Waals surface area contributed by atoms with E-state index in [2.05, 4.69) is 20.4 Å². The summed E-state index contributed by atoms with van der Waals surface area (Å²) in [6, 6.07) is 0. The van der Waals surface area contributed by atoms with Crippen molar-refractivity contribution < 1.29 is 29.2 Å². The maximum absolute atomic E-state index is 12.1. The predicted octanol–water partition coefficient (Wildman–Crippen LogP) is 1.78. The van der Waals surface area contributed by atoms with Crippen LogP contribution in [0.5, 0.6) is 0 Å². The first kappa shape index (κ1) is 17.9. The van der Waals surface area contributed by atoms with Gasteiger partial charge in [-0.2, -0.15) is 0 Å². The zero-order valence-electron chi connectivity index (χ0n) is 16.8. The summed E-state index contributed by atoms with van der Waals surface area (Å²) in [7, 11) is 0. The molecule has 6 nitrogen and oxygen atoms in total. The van der Waals surface area contributed by atoms with E-state index in [1.165, 1.54) is 6.92 Å². The zero-order valence-corrected chi connectivity index (χ0v) is 16.8. The summed E-state index contributed by atoms with van der Waals surface area (Å²) in [5.41, 5.74) is -0.569. The van der Waals surface area contributed by atoms with E-state index >= 15 is 0 Å². The molecule has 4 aliphatic carbocycles. The Bertz CT molecular complexity index is 792. The van der Waals surface area contributed by atoms with Gasteiger partial charge in [-0.25, -0.2) is 0 Å². The Morgan fingerprint density at radius 2 is 2.00 bits per heavy atom. The van der Waals surface area contributed by atoms with Gasteiger partial charge < -0.3 is 24.4 Å². The normalized spacial score (nSPS) is 59.9. The third-order valence-corrected chi connectivity index (χ3v) is 9.47. The number of esters is 1. The van der Waals surface area contributed by atoms with E-state index in [0.717, 1.165) is 24.8 Å². The van der Waals surface area contributed by atoms with Crippen LogP contribution in [0.25, 0.3) is 0 Å². The summed E-state index contributed by atoms with van der Waals surface area (Å²) in [5.74, 6) is -2.15. The molecule has 7 fully saturated rings. The molecule has 2 spiro atoms. The first-order chi connectivity index (χ1) is 13.1. The second kappa shape index (κ2) is 4.85. The van der Waals surface area contributed by atoms with Crippen LogP contribution in [-0.4, -0.2) is 53.0 Å². The number of carbonyl (C=O) groups is 1. The van der Waals surface area contributed by atoms with Gasteiger partial charge in [-0.05, 0) is 30.3 Å². The van der Waals surface area contributed by atoms with Gasteiger partial charge in [0, 0.05) is 30.1 Å². The molecule has 0 unspecified atom stereocenters. The molecule has 2 N–H and O–H groups in total. The fourth-order valence-electron chi connectivity index (χ4n) is 8.74. The Kier molecular flexibility index (Phi) is 3.10. The molecule has 6 heteroatoms. The average molecular weight is 390 g/mol. The predicted molar refractivity (Wildman–Crippen MR) is 97.8 cm³/mol. The fraction of sp³-hybridized carbons (Fsp3) is 0.864. The van der Waals surface area contributed by atoms with Crippen molar-refractivity contribution in [2.45, 2.75) is 76.7 Å². The van der Waals surface area contributed by atoms with Crippen LogP contribution >= 0.6 is 0 Å². The van der Waals surface area contributed by atoms with Crippen molar-refractivity contribution in [1.82, 2.24) is 0 Å². The van der Waals surface area contributed by atoms with Gasteiger partial charge in [0.2, 0.25) is 5.79 Å². The molecule has 28 heavy (non-hydrogen) atoms. The Hall–Kier alpha value is -0.950. The first-order valence-corrected chi connectivity index (χ1v) is 10.7. The quantitative estimate of drug-likeness (QED) is 0.403. The minimum atomic E-state index is -1.72. The molecule has 10 atom stereocenters. The lowest BCUT2D eigenvalue weighted by molar-refractivity contribution is -0.455. The minimum Gasteiger partial charge on any atom is -0.456 e. The molecular weight excluding hydrogens is 360 g/mol. The van der Waals surface area contributed by atoms with E-state index in [4.69, 9.17) is 14.2 Å². The molecule has 3 heterocycles. The van der Waals surface area contributed by atoms with E-state index in [1.807, 2.05) is 0 Å². The summed E-state index contributed by atoms with van der Waals surface area (Å²) in [6.07, 6.45) is 2.06. The Balaban J connectivity index is 1.61. The SMILES string of the molecule is C=C1[C@H]2C[C@@]3([C@@H]1O)[C@@H]([C@H]1O[C@H]12)[C@]12CCCC(C)(C)[C@H]1[C@H](OC(C)=O)[C@@]3(O)OC2. The lowest BCUT2D eigenvalue weighted by Gasteiger charge is -2.74. The third kappa shape index (κ3) is 1.64. The van der Waals surface area contributed by atoms with Crippen LogP contribution in [0, 0.1) is 34.0 Å². The second-order valence-corrected chi connectivity index (χ2v) is 10.9. The number of hydrogen-bond donors (Lipinski definition) is 2. The largest absolute Gasteiger partial charge is 0.456 e. The van der Waals surface area contributed by atoms with Crippen LogP contribution in [0.1, 0.15) is 46.5 Å². The van der Waals surface area contributed by atoms with Gasteiger partial charge in [-0.15, -0.1) is 0 Å². The maximum atomic E-state index is 12.1. The number of aliphatic hydroxyl groups is 2. The Morgan fingerprint density at radius 1 is 1.25 bits per heavy atom. The van der Waals surface area contributed by atoms with Crippen molar-refractivity contribution in [3.05, 3.63) is 12.2 Å². The first-order valence-electron chi connectivity index (χ1n) is 10.7. The van der Waals surface area contributed by atoms with Gasteiger partial charge >= 0.3 is 5.97 Å². The van der Waals surface area contributed by atoms with Crippen molar-refractivity contribution in [3.8, 4) is 0 Å². The lowest BCUT2D eigenvalue weighted by atomic mass is 9.36. The van der Waals surface area contributed by atoms with Gasteiger partial charge in [-0.3, -0.25) is 4.79 Å². The highest BCUT2D eigenvalue weighted by atomic mass is 16.7. The van der Waals surface area contributed by atoms with Gasteiger partial charge in [-0.1, -0.05) is 26.8 Å². The smallest absolute Gasteiger partial charge is 0.303 e. The number of aliphatic hydroxyl groups excluding tert-OH is 1. The van der Waals surface area contributed by atoms with Crippen molar-refractivity contribution in [1.29, 1.82) is 0 Å². The van der Waals surface area contributed by atoms with E-state index in [0.29, 0.717) is 13.0 Å². The summed E-state index contributed by atoms with van der Waals surface area (Å²) >= 11 is 0. The summed E-state index contributed by atoms with van der Waals surface area (Å²) < 4.78 is 18.3. The van der Waals surface area contributed by atoms with Gasteiger partial charge in [0.1, 0.15) is 0 Å². The molecule has 0 aromatic heterocycles. The summed E-state index contributed by atoms with van der Waals surface area (Å²) in [4.78, 5) is 12.1. The highest BCUT2D eigenvalue weighted by molar-refractivity contribution is 5.66. The molecule has 4 saturated carbocycles. The highest BCUT2D eigenvalue weighted by Gasteiger charge is 2.88. The number of rotatable bonds is 1. The van der Waals surface area contributed by atoms with Crippen molar-refractivity contribution in [2.75, 3.05) is 6.61 Å². The maximum Gasteiger partial charge on any atom is 0.303 e. The standard InChI is InChI=1S/C22H30O6/c1-10-12-8-21(17(10)24)15(14-13(12)28-14)20-7-5-6-19(3,4)16(20)18(27-11(2)23)22(21,25)26-9-20/h12-18,24-25H,1,5-9H2,2-4H3/t12-,13+,14+,15+,16-,17-,18+,20-,21+,22-/m1/s1. The van der Waals surface area contributed by atoms with Crippen LogP contribution in [0.2, 0.25) is 0 Å². The van der Waals surface area contributed by atoms with Crippen LogP contribution in [-0.2, 0) is 19.0 Å². The van der Waals surface area contributed by atoms with Crippen LogP contribution in [0.15, 0.2) is 12.2 Å². The summed E-state index contributed by atoms with van der Waals surface area (Å²) in [5, 5.41) is 23.5. The second-order valence-electron chi connectivity index (χ2n) is 10.9. The van der Waals surface area contributed by atoms with Gasteiger partial charge in [0.05, 0.1) is 30.3 Å². The van der Waals surface area contributed by atoms with Crippen molar-refractivity contribution >= 4 is 5.97 Å². The van der Waals surface area contributed by atoms with E-state index in [1.54, 1.807) is 0 Å². The molecule has 0 aromatic rings. The van der Waals surface area contributed by atoms with Crippen LogP contribution in [0.3, 0.4) is 0 Å². The topological polar surface area (TPSA) is 88.5 Å². The van der Waals surface area contributed by atoms with Crippen LogP contribution < -0.4 is 0 Å². The van der Waals surface area contributed by atoms with Gasteiger partial charge in [0.25, 0.3) is 0 Å². The monoisotopic (exact) mass is 390 g/mol. The molecule has 7 aliphatic rings. The third-order valence-electron chi connectivity index (χ3n) is 9.47. The molecule has 4 bridgehead atoms. The zero-order chi connectivity index (χ0) is 19.9. The van der Waals surface area contributed by atoms with Crippen molar-refractivity contribution in [3.63, 3.8) is 0 Å². The molecule has 0 aromatic carbocycles.